The summed E-state index contributed by atoms with van der Waals surface area (Å²) in [7, 11) is 0. The molecule has 1 nitrogen and oxygen atoms in total. The molecule has 1 aliphatic heterocycles. The van der Waals surface area contributed by atoms with Gasteiger partial charge in [-0.2, -0.15) is 0 Å². The Morgan fingerprint density at radius 2 is 1.80 bits per heavy atom. The maximum absolute atomic E-state index is 4.87. The third kappa shape index (κ3) is 1.66. The van der Waals surface area contributed by atoms with Gasteiger partial charge in [0.25, 0.3) is 0 Å². The maximum atomic E-state index is 4.87. The number of fused-ring (bicyclic) bond motifs is 4. The molecule has 2 aliphatic rings. The fourth-order valence-corrected chi connectivity index (χ4v) is 3.11. The van der Waals surface area contributed by atoms with Gasteiger partial charge < -0.3 is 0 Å². The quantitative estimate of drug-likeness (QED) is 0.685. The van der Waals surface area contributed by atoms with Crippen LogP contribution in [0.2, 0.25) is 0 Å². The fourth-order valence-electron chi connectivity index (χ4n) is 3.11. The molecule has 0 spiro atoms. The van der Waals surface area contributed by atoms with Crippen molar-refractivity contribution in [3.8, 4) is 0 Å². The lowest BCUT2D eigenvalue weighted by atomic mass is 10.1. The molecular weight excluding hydrogens is 242 g/mol. The Morgan fingerprint density at radius 1 is 0.900 bits per heavy atom. The number of nitrogens with zero attached hydrogens (tertiary/aromatic N) is 1. The molecule has 20 heavy (non-hydrogen) atoms. The van der Waals surface area contributed by atoms with E-state index >= 15 is 0 Å². The highest BCUT2D eigenvalue weighted by Gasteiger charge is 2.13. The summed E-state index contributed by atoms with van der Waals surface area (Å²) in [5.41, 5.74) is 3.70. The van der Waals surface area contributed by atoms with Gasteiger partial charge in [0.2, 0.25) is 0 Å². The molecule has 2 aromatic carbocycles. The van der Waals surface area contributed by atoms with Gasteiger partial charge in [0.1, 0.15) is 0 Å². The minimum atomic E-state index is 1.09. The van der Waals surface area contributed by atoms with E-state index in [-0.39, 0.29) is 0 Å². The smallest absolute Gasteiger partial charge is 0.0784 e. The summed E-state index contributed by atoms with van der Waals surface area (Å²) in [6.45, 7) is 2.23. The molecule has 2 aromatic rings. The topological polar surface area (TPSA) is 12.4 Å². The van der Waals surface area contributed by atoms with E-state index in [0.29, 0.717) is 0 Å². The third-order valence-corrected chi connectivity index (χ3v) is 4.16. The Kier molecular flexibility index (Phi) is 2.59. The molecule has 0 amide bonds. The largest absolute Gasteiger partial charge is 0.252 e. The first-order valence-electron chi connectivity index (χ1n) is 7.40. The molecule has 1 heterocycles. The van der Waals surface area contributed by atoms with Crippen molar-refractivity contribution >= 4 is 23.6 Å². The molecule has 0 atom stereocenters. The molecule has 0 bridgehead atoms. The average Bonchev–Trinajstić information content (AvgIpc) is 3.05. The predicted molar refractivity (Wildman–Crippen MR) is 84.5 cm³/mol. The monoisotopic (exact) mass is 259 g/mol. The van der Waals surface area contributed by atoms with E-state index in [4.69, 9.17) is 4.99 Å². The van der Waals surface area contributed by atoms with E-state index in [0.717, 1.165) is 6.42 Å². The standard InChI is InChI=1S/C19H17N/c1-2-3-7-15-11-14-9-10-17-16-8-5-4-6-13(16)12-18(17)19(14)20-15/h4-6,8-12H,2-3,7H2,1H3. The number of aliphatic imine (C=N–C) groups is 1. The first kappa shape index (κ1) is 11.7. The van der Waals surface area contributed by atoms with E-state index in [2.05, 4.69) is 55.5 Å². The Labute approximate surface area is 118 Å². The minimum Gasteiger partial charge on any atom is -0.252 e. The van der Waals surface area contributed by atoms with Crippen molar-refractivity contribution in [2.24, 2.45) is 4.99 Å². The van der Waals surface area contributed by atoms with Crippen LogP contribution >= 0.6 is 0 Å². The molecular formula is C19H17N. The van der Waals surface area contributed by atoms with E-state index in [1.807, 2.05) is 0 Å². The van der Waals surface area contributed by atoms with Gasteiger partial charge in [-0.1, -0.05) is 49.7 Å². The Bertz CT molecular complexity index is 933. The number of unbranched alkanes of at least 4 members (excludes halogenated alkanes) is 1. The molecule has 0 radical (unpaired) electrons. The van der Waals surface area contributed by atoms with Crippen molar-refractivity contribution < 1.29 is 0 Å². The van der Waals surface area contributed by atoms with Gasteiger partial charge in [-0.3, -0.25) is 4.99 Å². The van der Waals surface area contributed by atoms with Gasteiger partial charge in [-0.25, -0.2) is 0 Å². The highest BCUT2D eigenvalue weighted by atomic mass is 14.8. The van der Waals surface area contributed by atoms with Crippen LogP contribution in [0.5, 0.6) is 0 Å². The minimum absolute atomic E-state index is 1.09. The zero-order valence-corrected chi connectivity index (χ0v) is 11.7. The fraction of sp³-hybridized carbons (Fsp3) is 0.211. The van der Waals surface area contributed by atoms with Crippen molar-refractivity contribution in [1.29, 1.82) is 0 Å². The molecule has 0 saturated heterocycles. The summed E-state index contributed by atoms with van der Waals surface area (Å²) < 4.78 is 0. The number of hydrogen-bond acceptors (Lipinski definition) is 1. The van der Waals surface area contributed by atoms with E-state index in [9.17, 15) is 0 Å². The molecule has 0 saturated carbocycles. The summed E-state index contributed by atoms with van der Waals surface area (Å²) in [4.78, 5) is 4.87. The molecule has 4 rings (SSSR count). The van der Waals surface area contributed by atoms with Gasteiger partial charge in [0.05, 0.1) is 5.69 Å². The van der Waals surface area contributed by atoms with Crippen molar-refractivity contribution in [3.05, 3.63) is 62.8 Å². The maximum Gasteiger partial charge on any atom is 0.0784 e. The summed E-state index contributed by atoms with van der Waals surface area (Å²) in [6, 6.07) is 13.0. The summed E-state index contributed by atoms with van der Waals surface area (Å²) in [5.74, 6) is 0. The second kappa shape index (κ2) is 4.45. The summed E-state index contributed by atoms with van der Waals surface area (Å²) >= 11 is 0. The molecule has 1 aliphatic carbocycles. The Balaban J connectivity index is 1.95. The van der Waals surface area contributed by atoms with Crippen molar-refractivity contribution in [2.45, 2.75) is 26.2 Å². The van der Waals surface area contributed by atoms with Gasteiger partial charge in [0.15, 0.2) is 0 Å². The van der Waals surface area contributed by atoms with E-state index < -0.39 is 0 Å². The second-order valence-electron chi connectivity index (χ2n) is 5.55. The predicted octanol–water partition coefficient (Wildman–Crippen LogP) is 3.17. The lowest BCUT2D eigenvalue weighted by Crippen LogP contribution is -1.99. The molecule has 1 heteroatoms. The molecule has 0 aromatic heterocycles. The zero-order chi connectivity index (χ0) is 13.5. The highest BCUT2D eigenvalue weighted by Crippen LogP contribution is 2.23. The van der Waals surface area contributed by atoms with Crippen LogP contribution in [0.25, 0.3) is 12.2 Å². The summed E-state index contributed by atoms with van der Waals surface area (Å²) in [6.07, 6.45) is 8.06. The first-order chi connectivity index (χ1) is 9.86. The van der Waals surface area contributed by atoms with Crippen LogP contribution in [-0.4, -0.2) is 5.71 Å². The van der Waals surface area contributed by atoms with Crippen molar-refractivity contribution in [2.75, 3.05) is 0 Å². The van der Waals surface area contributed by atoms with Crippen molar-refractivity contribution in [1.82, 2.24) is 0 Å². The Hall–Kier alpha value is -2.15. The van der Waals surface area contributed by atoms with Crippen LogP contribution < -0.4 is 10.4 Å². The second-order valence-corrected chi connectivity index (χ2v) is 5.55. The van der Waals surface area contributed by atoms with Crippen LogP contribution in [0.4, 0.5) is 5.69 Å². The van der Waals surface area contributed by atoms with Gasteiger partial charge in [0, 0.05) is 16.5 Å². The van der Waals surface area contributed by atoms with E-state index in [1.54, 1.807) is 0 Å². The van der Waals surface area contributed by atoms with Crippen LogP contribution in [0.3, 0.4) is 0 Å². The molecule has 0 unspecified atom stereocenters. The molecule has 98 valence electrons. The third-order valence-electron chi connectivity index (χ3n) is 4.16. The normalized spacial score (nSPS) is 13.9. The van der Waals surface area contributed by atoms with Crippen LogP contribution in [0.1, 0.15) is 31.7 Å². The van der Waals surface area contributed by atoms with Gasteiger partial charge >= 0.3 is 0 Å². The van der Waals surface area contributed by atoms with Gasteiger partial charge in [-0.15, -0.1) is 0 Å². The first-order valence-corrected chi connectivity index (χ1v) is 7.40. The van der Waals surface area contributed by atoms with Crippen LogP contribution in [0.15, 0.2) is 41.4 Å². The van der Waals surface area contributed by atoms with Crippen molar-refractivity contribution in [3.63, 3.8) is 0 Å². The number of hydrogen-bond donors (Lipinski definition) is 0. The average molecular weight is 259 g/mol. The van der Waals surface area contributed by atoms with Crippen LogP contribution in [0, 0.1) is 10.4 Å². The van der Waals surface area contributed by atoms with Crippen LogP contribution in [-0.2, 0) is 0 Å². The summed E-state index contributed by atoms with van der Waals surface area (Å²) in [5, 5.41) is 5.25. The zero-order valence-electron chi connectivity index (χ0n) is 11.7. The lowest BCUT2D eigenvalue weighted by Gasteiger charge is -1.98. The Morgan fingerprint density at radius 3 is 2.70 bits per heavy atom. The number of benzene rings is 2. The number of rotatable bonds is 3. The SMILES string of the molecule is CCCCC1=Nc2c3c(ccc2=C1)=c1ccccc1=C3. The highest BCUT2D eigenvalue weighted by molar-refractivity contribution is 6.14. The van der Waals surface area contributed by atoms with Gasteiger partial charge in [-0.05, 0) is 40.6 Å². The van der Waals surface area contributed by atoms with E-state index in [1.165, 1.54) is 50.7 Å². The lowest BCUT2D eigenvalue weighted by molar-refractivity contribution is 0.839. The molecule has 0 fully saturated rings. The molecule has 0 N–H and O–H groups in total.